The predicted octanol–water partition coefficient (Wildman–Crippen LogP) is 2.50. The highest BCUT2D eigenvalue weighted by atomic mass is 16.5. The van der Waals surface area contributed by atoms with Crippen LogP contribution in [0.2, 0.25) is 0 Å². The van der Waals surface area contributed by atoms with Gasteiger partial charge in [-0.25, -0.2) is 4.79 Å². The highest BCUT2D eigenvalue weighted by Gasteiger charge is 2.11. The van der Waals surface area contributed by atoms with Gasteiger partial charge in [0.2, 0.25) is 0 Å². The van der Waals surface area contributed by atoms with Crippen molar-refractivity contribution >= 4 is 11.8 Å². The molecule has 0 spiro atoms. The molecule has 0 saturated carbocycles. The van der Waals surface area contributed by atoms with Crippen molar-refractivity contribution in [3.05, 3.63) is 12.2 Å². The Labute approximate surface area is 91.5 Å². The highest BCUT2D eigenvalue weighted by molar-refractivity contribution is 5.86. The van der Waals surface area contributed by atoms with E-state index < -0.39 is 0 Å². The Kier molecular flexibility index (Phi) is 6.67. The summed E-state index contributed by atoms with van der Waals surface area (Å²) in [4.78, 5) is 22.1. The first-order chi connectivity index (χ1) is 6.99. The van der Waals surface area contributed by atoms with Crippen molar-refractivity contribution in [2.24, 2.45) is 5.92 Å². The van der Waals surface area contributed by atoms with E-state index in [1.807, 2.05) is 6.92 Å². The lowest BCUT2D eigenvalue weighted by Gasteiger charge is -2.10. The number of Topliss-reactive ketones (excluding diaryl/α,β-unsaturated/α-hetero) is 1. The summed E-state index contributed by atoms with van der Waals surface area (Å²) in [5.74, 6) is -0.0388. The number of ether oxygens (including phenoxy) is 1. The first kappa shape index (κ1) is 13.9. The molecule has 0 amide bonds. The minimum absolute atomic E-state index is 0.105. The molecule has 3 nitrogen and oxygen atoms in total. The van der Waals surface area contributed by atoms with Gasteiger partial charge < -0.3 is 4.74 Å². The fraction of sp³-hybridized carbons (Fsp3) is 0.667. The Morgan fingerprint density at radius 3 is 2.33 bits per heavy atom. The van der Waals surface area contributed by atoms with Gasteiger partial charge >= 0.3 is 5.97 Å². The van der Waals surface area contributed by atoms with Crippen molar-refractivity contribution in [2.75, 3.05) is 6.61 Å². The second-order valence-electron chi connectivity index (χ2n) is 3.77. The van der Waals surface area contributed by atoms with Crippen LogP contribution < -0.4 is 0 Å². The number of carbonyl (C=O) groups excluding carboxylic acids is 2. The van der Waals surface area contributed by atoms with Crippen molar-refractivity contribution in [1.82, 2.24) is 0 Å². The van der Waals surface area contributed by atoms with Crippen molar-refractivity contribution in [1.29, 1.82) is 0 Å². The second-order valence-corrected chi connectivity index (χ2v) is 3.77. The zero-order valence-corrected chi connectivity index (χ0v) is 9.84. The molecule has 3 heteroatoms. The summed E-state index contributed by atoms with van der Waals surface area (Å²) in [6.45, 7) is 9.07. The highest BCUT2D eigenvalue weighted by Crippen LogP contribution is 2.12. The van der Waals surface area contributed by atoms with Crippen molar-refractivity contribution in [3.8, 4) is 0 Å². The van der Waals surface area contributed by atoms with Gasteiger partial charge in [-0.15, -0.1) is 0 Å². The van der Waals surface area contributed by atoms with E-state index in [1.54, 1.807) is 13.8 Å². The van der Waals surface area contributed by atoms with Crippen LogP contribution in [0.4, 0.5) is 0 Å². The first-order valence-electron chi connectivity index (χ1n) is 5.32. The molecular formula is C12H20O3. The Morgan fingerprint density at radius 1 is 1.33 bits per heavy atom. The summed E-state index contributed by atoms with van der Waals surface area (Å²) >= 11 is 0. The Balaban J connectivity index is 3.66. The maximum atomic E-state index is 11.1. The van der Waals surface area contributed by atoms with Crippen molar-refractivity contribution < 1.29 is 14.3 Å². The van der Waals surface area contributed by atoms with Gasteiger partial charge in [-0.05, 0) is 33.1 Å². The average Bonchev–Trinajstić information content (AvgIpc) is 2.16. The summed E-state index contributed by atoms with van der Waals surface area (Å²) in [5, 5.41) is 0. The predicted molar refractivity (Wildman–Crippen MR) is 59.5 cm³/mol. The molecule has 0 radical (unpaired) electrons. The normalized spacial score (nSPS) is 11.9. The monoisotopic (exact) mass is 212 g/mol. The molecule has 0 aliphatic carbocycles. The third-order valence-electron chi connectivity index (χ3n) is 2.35. The molecule has 0 aromatic heterocycles. The molecule has 0 bridgehead atoms. The molecule has 0 rings (SSSR count). The third kappa shape index (κ3) is 6.05. The summed E-state index contributed by atoms with van der Waals surface area (Å²) in [7, 11) is 0. The quantitative estimate of drug-likeness (QED) is 0.370. The van der Waals surface area contributed by atoms with E-state index in [9.17, 15) is 9.59 Å². The Morgan fingerprint density at radius 2 is 1.93 bits per heavy atom. The molecule has 1 unspecified atom stereocenters. The van der Waals surface area contributed by atoms with Crippen LogP contribution in [0.1, 0.15) is 40.0 Å². The van der Waals surface area contributed by atoms with E-state index in [0.717, 1.165) is 19.3 Å². The van der Waals surface area contributed by atoms with Gasteiger partial charge in [0.05, 0.1) is 6.61 Å². The molecule has 0 aliphatic heterocycles. The van der Waals surface area contributed by atoms with Crippen LogP contribution in [0.25, 0.3) is 0 Å². The topological polar surface area (TPSA) is 43.4 Å². The van der Waals surface area contributed by atoms with Gasteiger partial charge in [-0.2, -0.15) is 0 Å². The maximum Gasteiger partial charge on any atom is 0.333 e. The second kappa shape index (κ2) is 7.21. The van der Waals surface area contributed by atoms with Crippen LogP contribution in [0, 0.1) is 5.92 Å². The van der Waals surface area contributed by atoms with Gasteiger partial charge in [-0.3, -0.25) is 4.79 Å². The smallest absolute Gasteiger partial charge is 0.333 e. The average molecular weight is 212 g/mol. The van der Waals surface area contributed by atoms with Crippen LogP contribution in [0.5, 0.6) is 0 Å². The Bertz CT molecular complexity index is 243. The fourth-order valence-corrected chi connectivity index (χ4v) is 1.31. The number of ketones is 1. The van der Waals surface area contributed by atoms with Crippen LogP contribution in [0.3, 0.4) is 0 Å². The maximum absolute atomic E-state index is 11.1. The third-order valence-corrected chi connectivity index (χ3v) is 2.35. The van der Waals surface area contributed by atoms with E-state index >= 15 is 0 Å². The molecule has 0 N–H and O–H groups in total. The molecule has 0 fully saturated rings. The molecule has 0 aromatic rings. The van der Waals surface area contributed by atoms with Gasteiger partial charge in [0.25, 0.3) is 0 Å². The number of rotatable bonds is 7. The van der Waals surface area contributed by atoms with E-state index in [-0.39, 0.29) is 17.7 Å². The van der Waals surface area contributed by atoms with E-state index in [4.69, 9.17) is 4.74 Å². The SMILES string of the molecule is C=C(C)C(=O)OCCCC(CC)C(C)=O. The number of hydrogen-bond donors (Lipinski definition) is 0. The van der Waals surface area contributed by atoms with Crippen LogP contribution in [0.15, 0.2) is 12.2 Å². The zero-order valence-electron chi connectivity index (χ0n) is 9.84. The molecule has 15 heavy (non-hydrogen) atoms. The molecule has 0 heterocycles. The molecule has 86 valence electrons. The minimum atomic E-state index is -0.356. The van der Waals surface area contributed by atoms with Gasteiger partial charge in [0, 0.05) is 11.5 Å². The number of carbonyl (C=O) groups is 2. The van der Waals surface area contributed by atoms with E-state index in [1.165, 1.54) is 0 Å². The number of hydrogen-bond acceptors (Lipinski definition) is 3. The zero-order chi connectivity index (χ0) is 11.8. The minimum Gasteiger partial charge on any atom is -0.462 e. The summed E-state index contributed by atoms with van der Waals surface area (Å²) < 4.78 is 4.93. The summed E-state index contributed by atoms with van der Waals surface area (Å²) in [5.41, 5.74) is 0.411. The molecule has 0 aliphatic rings. The molecular weight excluding hydrogens is 192 g/mol. The molecule has 1 atom stereocenters. The van der Waals surface area contributed by atoms with Gasteiger partial charge in [0.15, 0.2) is 0 Å². The number of esters is 1. The van der Waals surface area contributed by atoms with Crippen LogP contribution in [-0.2, 0) is 14.3 Å². The lowest BCUT2D eigenvalue weighted by molar-refractivity contribution is -0.139. The Hall–Kier alpha value is -1.12. The molecule has 0 aromatic carbocycles. The largest absolute Gasteiger partial charge is 0.462 e. The van der Waals surface area contributed by atoms with Crippen LogP contribution in [-0.4, -0.2) is 18.4 Å². The van der Waals surface area contributed by atoms with Gasteiger partial charge in [-0.1, -0.05) is 13.5 Å². The van der Waals surface area contributed by atoms with Crippen LogP contribution >= 0.6 is 0 Å². The van der Waals surface area contributed by atoms with Crippen molar-refractivity contribution in [2.45, 2.75) is 40.0 Å². The van der Waals surface area contributed by atoms with E-state index in [2.05, 4.69) is 6.58 Å². The first-order valence-corrected chi connectivity index (χ1v) is 5.32. The van der Waals surface area contributed by atoms with Crippen molar-refractivity contribution in [3.63, 3.8) is 0 Å². The molecule has 0 saturated heterocycles. The fourth-order valence-electron chi connectivity index (χ4n) is 1.31. The summed E-state index contributed by atoms with van der Waals surface area (Å²) in [6, 6.07) is 0. The standard InChI is InChI=1S/C12H20O3/c1-5-11(10(4)13)7-6-8-15-12(14)9(2)3/h11H,2,5-8H2,1,3-4H3. The van der Waals surface area contributed by atoms with E-state index in [0.29, 0.717) is 12.2 Å². The summed E-state index contributed by atoms with van der Waals surface area (Å²) in [6.07, 6.45) is 2.37. The lowest BCUT2D eigenvalue weighted by Crippen LogP contribution is -2.12. The lowest BCUT2D eigenvalue weighted by atomic mass is 9.97. The van der Waals surface area contributed by atoms with Gasteiger partial charge in [0.1, 0.15) is 5.78 Å².